The van der Waals surface area contributed by atoms with Crippen LogP contribution >= 0.6 is 47.8 Å². The van der Waals surface area contributed by atoms with Crippen molar-refractivity contribution < 1.29 is 0 Å². The monoisotopic (exact) mass is 773 g/mol. The molecule has 6 heterocycles. The summed E-state index contributed by atoms with van der Waals surface area (Å²) in [6.07, 6.45) is 6.00. The van der Waals surface area contributed by atoms with Gasteiger partial charge in [-0.3, -0.25) is 0 Å². The van der Waals surface area contributed by atoms with Crippen molar-refractivity contribution in [2.45, 2.75) is 36.1 Å². The number of H-pyrrole nitrogens is 3. The summed E-state index contributed by atoms with van der Waals surface area (Å²) in [5, 5.41) is 7.10. The Labute approximate surface area is 277 Å². The summed E-state index contributed by atoms with van der Waals surface area (Å²) in [5.74, 6) is 0.771. The molecule has 44 heavy (non-hydrogen) atoms. The topological polar surface area (TPSA) is 139 Å². The van der Waals surface area contributed by atoms with E-state index in [0.29, 0.717) is 11.9 Å². The summed E-state index contributed by atoms with van der Waals surface area (Å²) in [6, 6.07) is 18.6. The Morgan fingerprint density at radius 2 is 1.14 bits per heavy atom. The highest BCUT2D eigenvalue weighted by Crippen LogP contribution is 2.54. The number of halogens is 3. The maximum atomic E-state index is 6.93. The normalized spacial score (nSPS) is 26.2. The molecule has 6 aromatic rings. The zero-order valence-electron chi connectivity index (χ0n) is 23.0. The summed E-state index contributed by atoms with van der Waals surface area (Å²) in [6.45, 7) is 0. The van der Waals surface area contributed by atoms with Crippen LogP contribution in [0.5, 0.6) is 0 Å². The molecule has 0 spiro atoms. The molecule has 1 saturated heterocycles. The number of aliphatic imine (C=N–C) groups is 2. The van der Waals surface area contributed by atoms with Crippen LogP contribution in [0.4, 0.5) is 0 Å². The zero-order chi connectivity index (χ0) is 29.9. The van der Waals surface area contributed by atoms with Crippen LogP contribution in [0.25, 0.3) is 32.7 Å². The SMILES string of the molecule is NC1=N[C@H]2[C@@H](c3c[nH]c4cc(Br)ccc34)[C@@H](N1)[C@H](c1c[nH]c3cc(Br)ccc13)[C@H]1[C@H](c3c[nH]c4cc(Br)ccc34)N=C(N)N12. The van der Waals surface area contributed by atoms with E-state index in [1.54, 1.807) is 0 Å². The molecule has 3 aromatic heterocycles. The Morgan fingerprint density at radius 1 is 0.636 bits per heavy atom. The minimum absolute atomic E-state index is 0.0594. The van der Waals surface area contributed by atoms with E-state index >= 15 is 0 Å². The molecule has 12 heteroatoms. The molecule has 8 N–H and O–H groups in total. The molecule has 220 valence electrons. The molecule has 0 saturated carbocycles. The van der Waals surface area contributed by atoms with Gasteiger partial charge in [0.25, 0.3) is 0 Å². The smallest absolute Gasteiger partial charge is 0.194 e. The highest BCUT2D eigenvalue weighted by Gasteiger charge is 2.58. The van der Waals surface area contributed by atoms with E-state index in [4.69, 9.17) is 21.5 Å². The van der Waals surface area contributed by atoms with Gasteiger partial charge in [0.05, 0.1) is 6.04 Å². The van der Waals surface area contributed by atoms with Crippen molar-refractivity contribution in [3.05, 3.63) is 103 Å². The van der Waals surface area contributed by atoms with Gasteiger partial charge >= 0.3 is 0 Å². The number of benzene rings is 3. The van der Waals surface area contributed by atoms with Crippen molar-refractivity contribution in [2.75, 3.05) is 0 Å². The highest BCUT2D eigenvalue weighted by molar-refractivity contribution is 9.11. The number of hydrogen-bond acceptors (Lipinski definition) is 6. The number of aromatic amines is 3. The van der Waals surface area contributed by atoms with Crippen LogP contribution in [0.1, 0.15) is 34.6 Å². The number of nitrogens with zero attached hydrogens (tertiary/aromatic N) is 3. The second-order valence-corrected chi connectivity index (χ2v) is 14.5. The standard InChI is InChI=1S/C32H26Br3N9/c33-13-1-4-16-19(10-38-22(16)7-13)25-28-26(20-11-39-23-8-14(34)2-5-17(20)23)30(43-31(36)41-28)44-29(25)27(42-32(44)37)21-12-40-24-9-15(35)3-6-18(21)24/h1-12,25-30,38-40H,(H2,37,42)(H3,36,41,43)/t25-,26-,27-,28-,29-,30+/m0/s1. The molecule has 9 rings (SSSR count). The van der Waals surface area contributed by atoms with E-state index in [0.717, 1.165) is 51.7 Å². The molecule has 3 aromatic carbocycles. The number of nitrogens with one attached hydrogen (secondary N) is 4. The van der Waals surface area contributed by atoms with Crippen LogP contribution in [-0.2, 0) is 0 Å². The van der Waals surface area contributed by atoms with Gasteiger partial charge in [-0.1, -0.05) is 66.0 Å². The lowest BCUT2D eigenvalue weighted by atomic mass is 9.68. The van der Waals surface area contributed by atoms with Crippen molar-refractivity contribution in [3.8, 4) is 0 Å². The Bertz CT molecular complexity index is 2190. The van der Waals surface area contributed by atoms with Crippen LogP contribution in [0.15, 0.2) is 96.6 Å². The van der Waals surface area contributed by atoms with Gasteiger partial charge in [0.15, 0.2) is 11.9 Å². The highest BCUT2D eigenvalue weighted by atomic mass is 79.9. The fourth-order valence-electron chi connectivity index (χ4n) is 7.88. The maximum Gasteiger partial charge on any atom is 0.194 e. The predicted molar refractivity (Wildman–Crippen MR) is 186 cm³/mol. The minimum atomic E-state index is -0.336. The minimum Gasteiger partial charge on any atom is -0.370 e. The molecule has 3 aliphatic heterocycles. The first kappa shape index (κ1) is 26.6. The van der Waals surface area contributed by atoms with Gasteiger partial charge in [-0.2, -0.15) is 0 Å². The van der Waals surface area contributed by atoms with Crippen molar-refractivity contribution in [3.63, 3.8) is 0 Å². The molecule has 0 aliphatic carbocycles. The molecule has 0 radical (unpaired) electrons. The maximum absolute atomic E-state index is 6.93. The predicted octanol–water partition coefficient (Wildman–Crippen LogP) is 6.65. The van der Waals surface area contributed by atoms with E-state index in [-0.39, 0.29) is 36.1 Å². The Balaban J connectivity index is 1.29. The van der Waals surface area contributed by atoms with E-state index in [1.165, 1.54) is 11.1 Å². The molecule has 0 amide bonds. The lowest BCUT2D eigenvalue weighted by Gasteiger charge is -2.54. The van der Waals surface area contributed by atoms with Gasteiger partial charge in [0.1, 0.15) is 12.2 Å². The van der Waals surface area contributed by atoms with Gasteiger partial charge in [0, 0.05) is 88.2 Å². The quantitative estimate of drug-likeness (QED) is 0.120. The number of fused-ring (bicyclic) bond motifs is 7. The Hall–Kier alpha value is -3.74. The van der Waals surface area contributed by atoms with Gasteiger partial charge < -0.3 is 36.6 Å². The summed E-state index contributed by atoms with van der Waals surface area (Å²) in [5.41, 5.74) is 20.1. The first-order valence-electron chi connectivity index (χ1n) is 14.4. The number of rotatable bonds is 3. The van der Waals surface area contributed by atoms with Crippen LogP contribution in [0, 0.1) is 0 Å². The van der Waals surface area contributed by atoms with E-state index in [9.17, 15) is 0 Å². The average molecular weight is 776 g/mol. The lowest BCUT2D eigenvalue weighted by molar-refractivity contribution is 0.0900. The van der Waals surface area contributed by atoms with Crippen molar-refractivity contribution >= 4 is 92.4 Å². The molecular formula is C32H26Br3N9. The van der Waals surface area contributed by atoms with Gasteiger partial charge in [-0.05, 0) is 47.5 Å². The Kier molecular flexibility index (Phi) is 5.83. The third-order valence-corrected chi connectivity index (χ3v) is 11.1. The van der Waals surface area contributed by atoms with Crippen LogP contribution < -0.4 is 16.8 Å². The second kappa shape index (κ2) is 9.63. The van der Waals surface area contributed by atoms with Gasteiger partial charge in [-0.15, -0.1) is 0 Å². The molecule has 9 nitrogen and oxygen atoms in total. The van der Waals surface area contributed by atoms with Crippen LogP contribution in [0.2, 0.25) is 0 Å². The molecule has 0 unspecified atom stereocenters. The lowest BCUT2D eigenvalue weighted by Crippen LogP contribution is -2.68. The fourth-order valence-corrected chi connectivity index (χ4v) is 8.97. The number of nitrogens with two attached hydrogens (primary N) is 2. The van der Waals surface area contributed by atoms with E-state index in [2.05, 4.69) is 146 Å². The molecule has 1 fully saturated rings. The van der Waals surface area contributed by atoms with Crippen LogP contribution in [0.3, 0.4) is 0 Å². The van der Waals surface area contributed by atoms with Crippen LogP contribution in [-0.4, -0.2) is 50.0 Å². The first-order valence-corrected chi connectivity index (χ1v) is 16.7. The number of guanidine groups is 2. The van der Waals surface area contributed by atoms with Crippen molar-refractivity contribution in [1.29, 1.82) is 0 Å². The third kappa shape index (κ3) is 3.80. The number of aromatic nitrogens is 3. The number of piperidine rings is 1. The largest absolute Gasteiger partial charge is 0.370 e. The molecule has 6 atom stereocenters. The van der Waals surface area contributed by atoms with E-state index < -0.39 is 0 Å². The summed E-state index contributed by atoms with van der Waals surface area (Å²) in [4.78, 5) is 23.0. The summed E-state index contributed by atoms with van der Waals surface area (Å²) < 4.78 is 3.07. The third-order valence-electron chi connectivity index (χ3n) is 9.58. The molecule has 2 bridgehead atoms. The molecule has 3 aliphatic rings. The summed E-state index contributed by atoms with van der Waals surface area (Å²) in [7, 11) is 0. The first-order chi connectivity index (χ1) is 21.4. The second-order valence-electron chi connectivity index (χ2n) is 11.8. The van der Waals surface area contributed by atoms with Crippen molar-refractivity contribution in [1.82, 2.24) is 25.2 Å². The Morgan fingerprint density at radius 3 is 1.70 bits per heavy atom. The zero-order valence-corrected chi connectivity index (χ0v) is 27.8. The fraction of sp³-hybridized carbons (Fsp3) is 0.188. The summed E-state index contributed by atoms with van der Waals surface area (Å²) >= 11 is 10.9. The molecular weight excluding hydrogens is 750 g/mol. The van der Waals surface area contributed by atoms with Gasteiger partial charge in [-0.25, -0.2) is 9.98 Å². The van der Waals surface area contributed by atoms with E-state index in [1.807, 2.05) is 0 Å². The van der Waals surface area contributed by atoms with Gasteiger partial charge in [0.2, 0.25) is 0 Å². The average Bonchev–Trinajstić information content (AvgIpc) is 3.77. The number of hydrogen-bond donors (Lipinski definition) is 6. The van der Waals surface area contributed by atoms with Crippen molar-refractivity contribution in [2.24, 2.45) is 21.5 Å².